The number of carbonyl (C=O) groups excluding carboxylic acids is 3. The monoisotopic (exact) mass is 564 g/mol. The average Bonchev–Trinajstić information content (AvgIpc) is 3.11. The van der Waals surface area contributed by atoms with E-state index in [0.29, 0.717) is 53.4 Å². The third-order valence-electron chi connectivity index (χ3n) is 5.38. The number of imide groups is 1. The van der Waals surface area contributed by atoms with Gasteiger partial charge in [0.05, 0.1) is 25.2 Å². The van der Waals surface area contributed by atoms with Crippen LogP contribution < -0.4 is 9.47 Å². The summed E-state index contributed by atoms with van der Waals surface area (Å²) in [7, 11) is 1.48. The van der Waals surface area contributed by atoms with E-state index in [1.807, 2.05) is 0 Å². The lowest BCUT2D eigenvalue weighted by atomic mass is 10.1. The van der Waals surface area contributed by atoms with Crippen LogP contribution in [0.4, 0.5) is 9.18 Å². The Morgan fingerprint density at radius 1 is 1.20 bits per heavy atom. The molecular weight excluding hydrogens is 543 g/mol. The summed E-state index contributed by atoms with van der Waals surface area (Å²) >= 11 is 4.24. The fourth-order valence-corrected chi connectivity index (χ4v) is 4.81. The van der Waals surface area contributed by atoms with Gasteiger partial charge in [0.25, 0.3) is 11.1 Å². The van der Waals surface area contributed by atoms with E-state index in [0.717, 1.165) is 16.7 Å². The first kappa shape index (κ1) is 25.2. The summed E-state index contributed by atoms with van der Waals surface area (Å²) in [6, 6.07) is 9.43. The van der Waals surface area contributed by atoms with Crippen LogP contribution >= 0.6 is 27.7 Å². The highest BCUT2D eigenvalue weighted by molar-refractivity contribution is 9.10. The van der Waals surface area contributed by atoms with E-state index >= 15 is 0 Å². The highest BCUT2D eigenvalue weighted by atomic mass is 79.9. The SMILES string of the molecule is COc1cc(/C=C2/SC(=O)N(CC(=O)N3CCOCC3)C2=O)c(Br)cc1OCc1cccc(F)c1. The van der Waals surface area contributed by atoms with E-state index in [2.05, 4.69) is 15.9 Å². The van der Waals surface area contributed by atoms with Gasteiger partial charge in [-0.15, -0.1) is 0 Å². The third kappa shape index (κ3) is 6.03. The van der Waals surface area contributed by atoms with E-state index in [4.69, 9.17) is 14.2 Å². The molecule has 0 aliphatic carbocycles. The minimum atomic E-state index is -0.529. The molecule has 2 aromatic carbocycles. The van der Waals surface area contributed by atoms with Gasteiger partial charge in [-0.3, -0.25) is 19.3 Å². The minimum Gasteiger partial charge on any atom is -0.493 e. The Hall–Kier alpha value is -2.89. The molecule has 0 bridgehead atoms. The maximum atomic E-state index is 13.4. The van der Waals surface area contributed by atoms with Crippen LogP contribution in [0, 0.1) is 5.82 Å². The number of morpholine rings is 1. The predicted molar refractivity (Wildman–Crippen MR) is 132 cm³/mol. The standard InChI is InChI=1S/C24H22BrFN2O6S/c1-32-19-10-16(18(25)12-20(19)34-14-15-3-2-4-17(26)9-15)11-21-23(30)28(24(31)35-21)13-22(29)27-5-7-33-8-6-27/h2-4,9-12H,5-8,13-14H2,1H3/b21-11+. The van der Waals surface area contributed by atoms with Crippen LogP contribution in [-0.4, -0.2) is 66.8 Å². The number of carbonyl (C=O) groups is 3. The van der Waals surface area contributed by atoms with Crippen molar-refractivity contribution in [3.8, 4) is 11.5 Å². The molecule has 0 unspecified atom stereocenters. The van der Waals surface area contributed by atoms with Crippen molar-refractivity contribution in [2.45, 2.75) is 6.61 Å². The Balaban J connectivity index is 1.48. The predicted octanol–water partition coefficient (Wildman–Crippen LogP) is 4.07. The lowest BCUT2D eigenvalue weighted by molar-refractivity contribution is -0.139. The molecule has 2 aliphatic heterocycles. The Kier molecular flexibility index (Phi) is 8.09. The summed E-state index contributed by atoms with van der Waals surface area (Å²) in [6.45, 7) is 1.57. The molecular formula is C24H22BrFN2O6S. The minimum absolute atomic E-state index is 0.135. The second-order valence-corrected chi connectivity index (χ2v) is 9.55. The van der Waals surface area contributed by atoms with Gasteiger partial charge >= 0.3 is 0 Å². The number of halogens is 2. The van der Waals surface area contributed by atoms with Crippen molar-refractivity contribution in [3.05, 3.63) is 62.7 Å². The van der Waals surface area contributed by atoms with Crippen LogP contribution in [0.1, 0.15) is 11.1 Å². The Labute approximate surface area is 214 Å². The molecule has 4 rings (SSSR count). The van der Waals surface area contributed by atoms with Gasteiger partial charge in [-0.1, -0.05) is 28.1 Å². The van der Waals surface area contributed by atoms with E-state index in [1.54, 1.807) is 35.2 Å². The lowest BCUT2D eigenvalue weighted by Gasteiger charge is -2.28. The summed E-state index contributed by atoms with van der Waals surface area (Å²) in [5.74, 6) is -0.351. The van der Waals surface area contributed by atoms with Crippen LogP contribution in [0.2, 0.25) is 0 Å². The molecule has 8 nitrogen and oxygen atoms in total. The number of hydrogen-bond acceptors (Lipinski definition) is 7. The molecule has 0 atom stereocenters. The van der Waals surface area contributed by atoms with Crippen molar-refractivity contribution in [1.82, 2.24) is 9.80 Å². The van der Waals surface area contributed by atoms with Crippen molar-refractivity contribution in [1.29, 1.82) is 0 Å². The number of hydrogen-bond donors (Lipinski definition) is 0. The molecule has 184 valence electrons. The third-order valence-corrected chi connectivity index (χ3v) is 6.98. The van der Waals surface area contributed by atoms with E-state index < -0.39 is 11.1 Å². The number of rotatable bonds is 7. The molecule has 2 heterocycles. The van der Waals surface area contributed by atoms with E-state index in [1.165, 1.54) is 19.2 Å². The van der Waals surface area contributed by atoms with E-state index in [-0.39, 0.29) is 29.8 Å². The Morgan fingerprint density at radius 3 is 2.69 bits per heavy atom. The molecule has 2 aromatic rings. The summed E-state index contributed by atoms with van der Waals surface area (Å²) in [4.78, 5) is 40.6. The van der Waals surface area contributed by atoms with Crippen molar-refractivity contribution in [3.63, 3.8) is 0 Å². The lowest BCUT2D eigenvalue weighted by Crippen LogP contribution is -2.46. The quantitative estimate of drug-likeness (QED) is 0.468. The van der Waals surface area contributed by atoms with Crippen molar-refractivity contribution >= 4 is 50.8 Å². The summed E-state index contributed by atoms with van der Waals surface area (Å²) in [5.41, 5.74) is 1.25. The number of methoxy groups -OCH3 is 1. The first-order valence-corrected chi connectivity index (χ1v) is 12.3. The van der Waals surface area contributed by atoms with Gasteiger partial charge in [0.15, 0.2) is 11.5 Å². The number of ether oxygens (including phenoxy) is 3. The van der Waals surface area contributed by atoms with Gasteiger partial charge in [0.1, 0.15) is 19.0 Å². The number of benzene rings is 2. The molecule has 0 saturated carbocycles. The maximum Gasteiger partial charge on any atom is 0.294 e. The van der Waals surface area contributed by atoms with Crippen LogP contribution in [0.25, 0.3) is 6.08 Å². The van der Waals surface area contributed by atoms with Crippen LogP contribution in [-0.2, 0) is 20.9 Å². The van der Waals surface area contributed by atoms with Crippen molar-refractivity contribution in [2.75, 3.05) is 40.0 Å². The van der Waals surface area contributed by atoms with E-state index in [9.17, 15) is 18.8 Å². The Bertz CT molecular complexity index is 1180. The second kappa shape index (κ2) is 11.2. The highest BCUT2D eigenvalue weighted by Gasteiger charge is 2.37. The Morgan fingerprint density at radius 2 is 1.97 bits per heavy atom. The average molecular weight is 565 g/mol. The molecule has 3 amide bonds. The number of amides is 3. The first-order chi connectivity index (χ1) is 16.9. The maximum absolute atomic E-state index is 13.4. The molecule has 0 aromatic heterocycles. The van der Waals surface area contributed by atoms with Crippen LogP contribution in [0.5, 0.6) is 11.5 Å². The fourth-order valence-electron chi connectivity index (χ4n) is 3.55. The normalized spacial score (nSPS) is 17.3. The zero-order valence-corrected chi connectivity index (χ0v) is 21.2. The summed E-state index contributed by atoms with van der Waals surface area (Å²) < 4.78 is 30.5. The van der Waals surface area contributed by atoms with Gasteiger partial charge in [-0.25, -0.2) is 4.39 Å². The second-order valence-electron chi connectivity index (χ2n) is 7.70. The van der Waals surface area contributed by atoms with Gasteiger partial charge in [-0.05, 0) is 53.2 Å². The van der Waals surface area contributed by atoms with Crippen LogP contribution in [0.3, 0.4) is 0 Å². The van der Waals surface area contributed by atoms with Crippen molar-refractivity contribution < 1.29 is 33.0 Å². The molecule has 2 aliphatic rings. The topological polar surface area (TPSA) is 85.4 Å². The van der Waals surface area contributed by atoms with Gasteiger partial charge in [0.2, 0.25) is 5.91 Å². The summed E-state index contributed by atoms with van der Waals surface area (Å²) in [5, 5.41) is -0.499. The highest BCUT2D eigenvalue weighted by Crippen LogP contribution is 2.38. The zero-order chi connectivity index (χ0) is 24.9. The molecule has 2 fully saturated rings. The molecule has 0 N–H and O–H groups in total. The zero-order valence-electron chi connectivity index (χ0n) is 18.8. The van der Waals surface area contributed by atoms with Gasteiger partial charge < -0.3 is 19.1 Å². The van der Waals surface area contributed by atoms with Gasteiger partial charge in [-0.2, -0.15) is 0 Å². The molecule has 0 radical (unpaired) electrons. The van der Waals surface area contributed by atoms with Crippen LogP contribution in [0.15, 0.2) is 45.8 Å². The fraction of sp³-hybridized carbons (Fsp3) is 0.292. The number of nitrogens with zero attached hydrogens (tertiary/aromatic N) is 2. The molecule has 2 saturated heterocycles. The molecule has 0 spiro atoms. The van der Waals surface area contributed by atoms with Gasteiger partial charge in [0, 0.05) is 17.6 Å². The first-order valence-electron chi connectivity index (χ1n) is 10.7. The molecule has 11 heteroatoms. The summed E-state index contributed by atoms with van der Waals surface area (Å²) in [6.07, 6.45) is 1.56. The smallest absolute Gasteiger partial charge is 0.294 e. The number of thioether (sulfide) groups is 1. The molecule has 35 heavy (non-hydrogen) atoms. The van der Waals surface area contributed by atoms with Crippen molar-refractivity contribution in [2.24, 2.45) is 0 Å². The largest absolute Gasteiger partial charge is 0.493 e.